The molecule has 0 fully saturated rings. The van der Waals surface area contributed by atoms with Gasteiger partial charge in [0.25, 0.3) is 5.91 Å². The highest BCUT2D eigenvalue weighted by molar-refractivity contribution is 6.31. The summed E-state index contributed by atoms with van der Waals surface area (Å²) < 4.78 is 25.9. The smallest absolute Gasteiger partial charge is 0.273 e. The van der Waals surface area contributed by atoms with Crippen LogP contribution < -0.4 is 9.47 Å². The second-order valence-corrected chi connectivity index (χ2v) is 9.25. The number of nitrogens with zero attached hydrogens (tertiary/aromatic N) is 2. The Bertz CT molecular complexity index is 1500. The minimum Gasteiger partial charge on any atom is -0.507 e. The molecular formula is C28H25ClFN3O4. The standard InChI is InChI=1S/C28H25ClFN3O4/c1-15-12-21(34)18(14-19(15)29)25-24-26(32-31-25)28(35)33(27(24)17-6-4-5-7-20(17)30)11-10-16-8-9-22(36-2)23(13-16)37-3/h4-9,12-14,27,34H,10-11H2,1-3H3,(H,31,32)/t27-/m1/s1. The van der Waals surface area contributed by atoms with Gasteiger partial charge in [0.05, 0.1) is 20.3 Å². The Labute approximate surface area is 218 Å². The second-order valence-electron chi connectivity index (χ2n) is 8.84. The number of carbonyl (C=O) groups excluding carboxylic acids is 1. The van der Waals surface area contributed by atoms with Crippen LogP contribution in [0.3, 0.4) is 0 Å². The van der Waals surface area contributed by atoms with E-state index in [2.05, 4.69) is 10.2 Å². The van der Waals surface area contributed by atoms with Gasteiger partial charge < -0.3 is 19.5 Å². The van der Waals surface area contributed by atoms with E-state index >= 15 is 4.39 Å². The number of ether oxygens (including phenoxy) is 2. The number of phenols is 1. The molecule has 0 saturated heterocycles. The van der Waals surface area contributed by atoms with Crippen molar-refractivity contribution in [3.8, 4) is 28.5 Å². The topological polar surface area (TPSA) is 87.7 Å². The number of aryl methyl sites for hydroxylation is 1. The maximum atomic E-state index is 15.1. The molecule has 190 valence electrons. The van der Waals surface area contributed by atoms with E-state index in [1.165, 1.54) is 6.07 Å². The summed E-state index contributed by atoms with van der Waals surface area (Å²) in [4.78, 5) is 15.2. The van der Waals surface area contributed by atoms with Crippen LogP contribution in [0, 0.1) is 12.7 Å². The van der Waals surface area contributed by atoms with Crippen molar-refractivity contribution < 1.29 is 23.8 Å². The summed E-state index contributed by atoms with van der Waals surface area (Å²) >= 11 is 6.35. The molecule has 0 saturated carbocycles. The van der Waals surface area contributed by atoms with Gasteiger partial charge >= 0.3 is 0 Å². The van der Waals surface area contributed by atoms with Crippen LogP contribution in [0.25, 0.3) is 11.3 Å². The average Bonchev–Trinajstić information content (AvgIpc) is 3.43. The third-order valence-corrected chi connectivity index (χ3v) is 7.09. The molecule has 0 bridgehead atoms. The number of phenolic OH excluding ortho intramolecular Hbond substituents is 1. The third kappa shape index (κ3) is 4.27. The van der Waals surface area contributed by atoms with Crippen LogP contribution in [0.4, 0.5) is 4.39 Å². The maximum Gasteiger partial charge on any atom is 0.273 e. The minimum atomic E-state index is -0.753. The van der Waals surface area contributed by atoms with Crippen molar-refractivity contribution in [3.05, 3.63) is 93.4 Å². The molecule has 0 unspecified atom stereocenters. The van der Waals surface area contributed by atoms with Gasteiger partial charge in [0.15, 0.2) is 11.5 Å². The number of aromatic nitrogens is 2. The van der Waals surface area contributed by atoms with Crippen LogP contribution in [-0.4, -0.2) is 46.9 Å². The summed E-state index contributed by atoms with van der Waals surface area (Å²) in [5, 5.41) is 18.3. The predicted molar refractivity (Wildman–Crippen MR) is 138 cm³/mol. The molecule has 7 nitrogen and oxygen atoms in total. The van der Waals surface area contributed by atoms with Crippen LogP contribution in [0.5, 0.6) is 17.2 Å². The number of H-pyrrole nitrogens is 1. The quantitative estimate of drug-likeness (QED) is 0.326. The number of halogens is 2. The van der Waals surface area contributed by atoms with Gasteiger partial charge in [-0.1, -0.05) is 35.9 Å². The van der Waals surface area contributed by atoms with E-state index in [1.807, 2.05) is 18.2 Å². The molecular weight excluding hydrogens is 497 g/mol. The molecule has 0 spiro atoms. The molecule has 2 heterocycles. The number of rotatable bonds is 7. The lowest BCUT2D eigenvalue weighted by Crippen LogP contribution is -2.32. The molecule has 1 aliphatic heterocycles. The maximum absolute atomic E-state index is 15.1. The number of amides is 1. The summed E-state index contributed by atoms with van der Waals surface area (Å²) in [6, 6.07) is 14.3. The fourth-order valence-electron chi connectivity index (χ4n) is 4.79. The highest BCUT2D eigenvalue weighted by atomic mass is 35.5. The fraction of sp³-hybridized carbons (Fsp3) is 0.214. The van der Waals surface area contributed by atoms with E-state index < -0.39 is 11.9 Å². The molecule has 1 atom stereocenters. The van der Waals surface area contributed by atoms with Crippen LogP contribution in [0.15, 0.2) is 54.6 Å². The van der Waals surface area contributed by atoms with Crippen molar-refractivity contribution in [1.29, 1.82) is 0 Å². The summed E-state index contributed by atoms with van der Waals surface area (Å²) in [6.07, 6.45) is 0.492. The second kappa shape index (κ2) is 9.78. The Hall–Kier alpha value is -4.04. The number of aromatic amines is 1. The Kier molecular flexibility index (Phi) is 6.52. The normalized spacial score (nSPS) is 14.7. The van der Waals surface area contributed by atoms with Crippen molar-refractivity contribution in [2.45, 2.75) is 19.4 Å². The van der Waals surface area contributed by atoms with Crippen LogP contribution >= 0.6 is 11.6 Å². The van der Waals surface area contributed by atoms with E-state index in [1.54, 1.807) is 56.4 Å². The molecule has 3 aromatic carbocycles. The molecule has 0 aliphatic carbocycles. The molecule has 2 N–H and O–H groups in total. The Morgan fingerprint density at radius 2 is 1.86 bits per heavy atom. The zero-order valence-electron chi connectivity index (χ0n) is 20.5. The van der Waals surface area contributed by atoms with Crippen LogP contribution in [0.1, 0.15) is 38.8 Å². The number of fused-ring (bicyclic) bond motifs is 1. The molecule has 9 heteroatoms. The van der Waals surface area contributed by atoms with Crippen LogP contribution in [0.2, 0.25) is 5.02 Å². The van der Waals surface area contributed by atoms with E-state index in [4.69, 9.17) is 21.1 Å². The molecule has 37 heavy (non-hydrogen) atoms. The van der Waals surface area contributed by atoms with Gasteiger partial charge in [-0.3, -0.25) is 9.89 Å². The molecule has 1 amide bonds. The van der Waals surface area contributed by atoms with Crippen molar-refractivity contribution in [1.82, 2.24) is 15.1 Å². The SMILES string of the molecule is COc1ccc(CCN2C(=O)c3[nH]nc(-c4cc(Cl)c(C)cc4O)c3[C@H]2c2ccccc2F)cc1OC. The third-order valence-electron chi connectivity index (χ3n) is 6.69. The lowest BCUT2D eigenvalue weighted by molar-refractivity contribution is 0.0744. The zero-order valence-corrected chi connectivity index (χ0v) is 21.3. The van der Waals surface area contributed by atoms with Gasteiger partial charge in [-0.25, -0.2) is 4.39 Å². The number of hydrogen-bond acceptors (Lipinski definition) is 5. The van der Waals surface area contributed by atoms with Crippen molar-refractivity contribution in [2.24, 2.45) is 0 Å². The lowest BCUT2D eigenvalue weighted by atomic mass is 9.94. The predicted octanol–water partition coefficient (Wildman–Crippen LogP) is 5.69. The number of benzene rings is 3. The van der Waals surface area contributed by atoms with Crippen molar-refractivity contribution in [2.75, 3.05) is 20.8 Å². The monoisotopic (exact) mass is 521 g/mol. The van der Waals surface area contributed by atoms with Crippen molar-refractivity contribution >= 4 is 17.5 Å². The van der Waals surface area contributed by atoms with Gasteiger partial charge in [-0.15, -0.1) is 0 Å². The first-order chi connectivity index (χ1) is 17.8. The fourth-order valence-corrected chi connectivity index (χ4v) is 4.96. The first-order valence-corrected chi connectivity index (χ1v) is 12.1. The van der Waals surface area contributed by atoms with Gasteiger partial charge in [-0.05, 0) is 54.8 Å². The summed E-state index contributed by atoms with van der Waals surface area (Å²) in [5.74, 6) is 0.416. The Morgan fingerprint density at radius 1 is 1.11 bits per heavy atom. The number of methoxy groups -OCH3 is 2. The van der Waals surface area contributed by atoms with Crippen molar-refractivity contribution in [3.63, 3.8) is 0 Å². The summed E-state index contributed by atoms with van der Waals surface area (Å²) in [5.41, 5.74) is 3.43. The first kappa shape index (κ1) is 24.6. The van der Waals surface area contributed by atoms with Gasteiger partial charge in [0.2, 0.25) is 0 Å². The highest BCUT2D eigenvalue weighted by Crippen LogP contribution is 2.46. The number of nitrogens with one attached hydrogen (secondary N) is 1. The molecule has 5 rings (SSSR count). The van der Waals surface area contributed by atoms with Crippen LogP contribution in [-0.2, 0) is 6.42 Å². The Balaban J connectivity index is 1.58. The molecule has 1 aromatic heterocycles. The molecule has 4 aromatic rings. The van der Waals surface area contributed by atoms with E-state index in [0.29, 0.717) is 57.4 Å². The molecule has 1 aliphatic rings. The highest BCUT2D eigenvalue weighted by Gasteiger charge is 2.43. The molecule has 0 radical (unpaired) electrons. The summed E-state index contributed by atoms with van der Waals surface area (Å²) in [7, 11) is 3.13. The van der Waals surface area contributed by atoms with Gasteiger partial charge in [-0.2, -0.15) is 5.10 Å². The van der Waals surface area contributed by atoms with Gasteiger partial charge in [0, 0.05) is 28.3 Å². The largest absolute Gasteiger partial charge is 0.507 e. The Morgan fingerprint density at radius 3 is 2.59 bits per heavy atom. The van der Waals surface area contributed by atoms with E-state index in [-0.39, 0.29) is 17.4 Å². The number of aromatic hydroxyl groups is 1. The summed E-state index contributed by atoms with van der Waals surface area (Å²) in [6.45, 7) is 2.08. The average molecular weight is 522 g/mol. The lowest BCUT2D eigenvalue weighted by Gasteiger charge is -2.27. The number of carbonyl (C=O) groups is 1. The minimum absolute atomic E-state index is 0.0280. The first-order valence-electron chi connectivity index (χ1n) is 11.7. The van der Waals surface area contributed by atoms with E-state index in [9.17, 15) is 9.90 Å². The van der Waals surface area contributed by atoms with E-state index in [0.717, 1.165) is 5.56 Å². The number of hydrogen-bond donors (Lipinski definition) is 2. The van der Waals surface area contributed by atoms with Gasteiger partial charge in [0.1, 0.15) is 23.0 Å². The zero-order chi connectivity index (χ0) is 26.3.